The number of aromatic hydroxyl groups is 2. The molecule has 0 spiro atoms. The Hall–Kier alpha value is -1.71. The fraction of sp³-hybridized carbons (Fsp3) is 0.364. The quantitative estimate of drug-likeness (QED) is 0.453. The maximum absolute atomic E-state index is 11.4. The maximum Gasteiger partial charge on any atom is 0.342 e. The normalized spacial score (nSPS) is 9.93. The van der Waals surface area contributed by atoms with Crippen molar-refractivity contribution in [3.8, 4) is 11.5 Å². The number of carbonyl (C=O) groups is 1. The zero-order valence-corrected chi connectivity index (χ0v) is 8.56. The van der Waals surface area contributed by atoms with Gasteiger partial charge in [0.15, 0.2) is 11.5 Å². The van der Waals surface area contributed by atoms with Crippen LogP contribution >= 0.6 is 0 Å². The molecule has 15 heavy (non-hydrogen) atoms. The average molecular weight is 210 g/mol. The summed E-state index contributed by atoms with van der Waals surface area (Å²) in [6.07, 6.45) is 1.71. The summed E-state index contributed by atoms with van der Waals surface area (Å²) in [4.78, 5) is 11.4. The second kappa shape index (κ2) is 5.24. The molecule has 4 heteroatoms. The predicted octanol–water partition coefficient (Wildman–Crippen LogP) is 2.05. The van der Waals surface area contributed by atoms with Crippen molar-refractivity contribution in [2.24, 2.45) is 0 Å². The molecule has 1 rings (SSSR count). The Labute approximate surface area is 88.1 Å². The molecular weight excluding hydrogens is 196 g/mol. The highest BCUT2D eigenvalue weighted by molar-refractivity contribution is 5.93. The number of para-hydroxylation sites is 1. The Morgan fingerprint density at radius 1 is 1.40 bits per heavy atom. The summed E-state index contributed by atoms with van der Waals surface area (Å²) < 4.78 is 4.89. The van der Waals surface area contributed by atoms with Gasteiger partial charge in [0.05, 0.1) is 6.61 Å². The Kier molecular flexibility index (Phi) is 3.97. The van der Waals surface area contributed by atoms with Crippen LogP contribution in [0.1, 0.15) is 30.1 Å². The molecule has 0 bridgehead atoms. The van der Waals surface area contributed by atoms with Gasteiger partial charge in [0.25, 0.3) is 0 Å². The summed E-state index contributed by atoms with van der Waals surface area (Å²) in [6.45, 7) is 2.31. The van der Waals surface area contributed by atoms with E-state index in [0.717, 1.165) is 12.8 Å². The first-order chi connectivity index (χ1) is 7.16. The van der Waals surface area contributed by atoms with E-state index < -0.39 is 11.7 Å². The van der Waals surface area contributed by atoms with E-state index in [0.29, 0.717) is 6.61 Å². The van der Waals surface area contributed by atoms with Crippen molar-refractivity contribution in [3.05, 3.63) is 23.8 Å². The maximum atomic E-state index is 11.4. The highest BCUT2D eigenvalue weighted by Crippen LogP contribution is 2.28. The van der Waals surface area contributed by atoms with Gasteiger partial charge in [0, 0.05) is 0 Å². The first kappa shape index (κ1) is 11.4. The first-order valence-corrected chi connectivity index (χ1v) is 4.85. The van der Waals surface area contributed by atoms with Gasteiger partial charge in [-0.3, -0.25) is 0 Å². The molecule has 0 fully saturated rings. The topological polar surface area (TPSA) is 66.8 Å². The van der Waals surface area contributed by atoms with Gasteiger partial charge in [-0.1, -0.05) is 19.4 Å². The van der Waals surface area contributed by atoms with Crippen LogP contribution < -0.4 is 0 Å². The SMILES string of the molecule is CCCCOC(=O)c1cccc(O)c1O. The molecule has 2 N–H and O–H groups in total. The van der Waals surface area contributed by atoms with E-state index in [4.69, 9.17) is 9.84 Å². The van der Waals surface area contributed by atoms with Crippen molar-refractivity contribution in [1.82, 2.24) is 0 Å². The summed E-state index contributed by atoms with van der Waals surface area (Å²) in [7, 11) is 0. The average Bonchev–Trinajstić information content (AvgIpc) is 2.22. The predicted molar refractivity (Wildman–Crippen MR) is 55.0 cm³/mol. The van der Waals surface area contributed by atoms with Gasteiger partial charge >= 0.3 is 5.97 Å². The van der Waals surface area contributed by atoms with E-state index in [9.17, 15) is 9.90 Å². The number of ether oxygens (including phenoxy) is 1. The molecular formula is C11H14O4. The number of hydrogen-bond donors (Lipinski definition) is 2. The Morgan fingerprint density at radius 2 is 2.13 bits per heavy atom. The number of esters is 1. The van der Waals surface area contributed by atoms with Crippen LogP contribution in [0.15, 0.2) is 18.2 Å². The second-order valence-corrected chi connectivity index (χ2v) is 3.16. The molecule has 0 heterocycles. The van der Waals surface area contributed by atoms with Crippen molar-refractivity contribution in [2.45, 2.75) is 19.8 Å². The molecule has 0 aromatic heterocycles. The van der Waals surface area contributed by atoms with Gasteiger partial charge in [-0.05, 0) is 18.6 Å². The lowest BCUT2D eigenvalue weighted by molar-refractivity contribution is 0.0495. The fourth-order valence-corrected chi connectivity index (χ4v) is 1.08. The van der Waals surface area contributed by atoms with Crippen LogP contribution in [0.3, 0.4) is 0 Å². The van der Waals surface area contributed by atoms with Crippen LogP contribution in [0.5, 0.6) is 11.5 Å². The molecule has 0 unspecified atom stereocenters. The molecule has 0 aliphatic heterocycles. The highest BCUT2D eigenvalue weighted by Gasteiger charge is 2.14. The van der Waals surface area contributed by atoms with E-state index in [1.165, 1.54) is 18.2 Å². The minimum Gasteiger partial charge on any atom is -0.504 e. The smallest absolute Gasteiger partial charge is 0.342 e. The van der Waals surface area contributed by atoms with Gasteiger partial charge in [0.2, 0.25) is 0 Å². The van der Waals surface area contributed by atoms with Crippen molar-refractivity contribution in [3.63, 3.8) is 0 Å². The van der Waals surface area contributed by atoms with Gasteiger partial charge in [0.1, 0.15) is 5.56 Å². The molecule has 1 aromatic carbocycles. The van der Waals surface area contributed by atoms with Crippen molar-refractivity contribution < 1.29 is 19.7 Å². The zero-order valence-electron chi connectivity index (χ0n) is 8.56. The summed E-state index contributed by atoms with van der Waals surface area (Å²) >= 11 is 0. The summed E-state index contributed by atoms with van der Waals surface area (Å²) in [5.41, 5.74) is -0.00824. The lowest BCUT2D eigenvalue weighted by atomic mass is 10.2. The standard InChI is InChI=1S/C11H14O4/c1-2-3-7-15-11(14)8-5-4-6-9(12)10(8)13/h4-6,12-13H,2-3,7H2,1H3. The third-order valence-corrected chi connectivity index (χ3v) is 1.97. The minimum absolute atomic E-state index is 0.00824. The second-order valence-electron chi connectivity index (χ2n) is 3.16. The number of unbranched alkanes of at least 4 members (excludes halogenated alkanes) is 1. The van der Waals surface area contributed by atoms with Gasteiger partial charge in [-0.2, -0.15) is 0 Å². The minimum atomic E-state index is -0.614. The Bertz CT molecular complexity index is 346. The third-order valence-electron chi connectivity index (χ3n) is 1.97. The summed E-state index contributed by atoms with van der Waals surface area (Å²) in [5, 5.41) is 18.5. The molecule has 0 saturated carbocycles. The zero-order chi connectivity index (χ0) is 11.3. The number of carbonyl (C=O) groups excluding carboxylic acids is 1. The lowest BCUT2D eigenvalue weighted by Gasteiger charge is -2.06. The van der Waals surface area contributed by atoms with Gasteiger partial charge in [-0.25, -0.2) is 4.79 Å². The Balaban J connectivity index is 2.69. The third kappa shape index (κ3) is 2.87. The number of phenols is 2. The molecule has 0 aliphatic carbocycles. The molecule has 0 atom stereocenters. The first-order valence-electron chi connectivity index (χ1n) is 4.85. The van der Waals surface area contributed by atoms with Crippen molar-refractivity contribution >= 4 is 5.97 Å². The largest absolute Gasteiger partial charge is 0.504 e. The van der Waals surface area contributed by atoms with E-state index in [2.05, 4.69) is 0 Å². The molecule has 1 aromatic rings. The molecule has 4 nitrogen and oxygen atoms in total. The van der Waals surface area contributed by atoms with Gasteiger partial charge < -0.3 is 14.9 Å². The van der Waals surface area contributed by atoms with E-state index in [1.54, 1.807) is 0 Å². The molecule has 0 saturated heterocycles. The summed E-state index contributed by atoms with van der Waals surface area (Å²) in [6, 6.07) is 4.19. The van der Waals surface area contributed by atoms with Crippen LogP contribution in [0, 0.1) is 0 Å². The lowest BCUT2D eigenvalue weighted by Crippen LogP contribution is -2.06. The van der Waals surface area contributed by atoms with Crippen LogP contribution in [0.4, 0.5) is 0 Å². The number of rotatable bonds is 4. The molecule has 0 aliphatic rings. The van der Waals surface area contributed by atoms with Gasteiger partial charge in [-0.15, -0.1) is 0 Å². The summed E-state index contributed by atoms with van der Waals surface area (Å²) in [5.74, 6) is -1.37. The highest BCUT2D eigenvalue weighted by atomic mass is 16.5. The number of phenolic OH excluding ortho intramolecular Hbond substituents is 2. The number of benzene rings is 1. The number of hydrogen-bond acceptors (Lipinski definition) is 4. The van der Waals surface area contributed by atoms with Crippen LogP contribution in [0.25, 0.3) is 0 Å². The molecule has 0 amide bonds. The monoisotopic (exact) mass is 210 g/mol. The molecule has 82 valence electrons. The van der Waals surface area contributed by atoms with E-state index in [1.807, 2.05) is 6.92 Å². The van der Waals surface area contributed by atoms with Crippen LogP contribution in [-0.4, -0.2) is 22.8 Å². The molecule has 0 radical (unpaired) electrons. The van der Waals surface area contributed by atoms with Crippen LogP contribution in [0.2, 0.25) is 0 Å². The van der Waals surface area contributed by atoms with Crippen molar-refractivity contribution in [1.29, 1.82) is 0 Å². The fourth-order valence-electron chi connectivity index (χ4n) is 1.08. The van der Waals surface area contributed by atoms with Crippen LogP contribution in [-0.2, 0) is 4.74 Å². The van der Waals surface area contributed by atoms with E-state index >= 15 is 0 Å². The van der Waals surface area contributed by atoms with Crippen molar-refractivity contribution in [2.75, 3.05) is 6.61 Å². The van der Waals surface area contributed by atoms with E-state index in [-0.39, 0.29) is 11.3 Å². The Morgan fingerprint density at radius 3 is 2.80 bits per heavy atom.